The summed E-state index contributed by atoms with van der Waals surface area (Å²) in [5.41, 5.74) is 0.192. The van der Waals surface area contributed by atoms with Crippen LogP contribution in [0.1, 0.15) is 24.2 Å². The third-order valence-electron chi connectivity index (χ3n) is 2.31. The standard InChI is InChI=1S/C13H18N2O3/c1-9(2)14-12(17)8-15(3)13(18)10-6-4-5-7-11(10)16/h4-7,9,16H,8H2,1-3H3,(H,14,17). The summed E-state index contributed by atoms with van der Waals surface area (Å²) in [4.78, 5) is 24.8. The lowest BCUT2D eigenvalue weighted by Crippen LogP contribution is -2.40. The minimum atomic E-state index is -0.382. The molecule has 5 nitrogen and oxygen atoms in total. The molecule has 2 N–H and O–H groups in total. The van der Waals surface area contributed by atoms with Gasteiger partial charge in [0.05, 0.1) is 12.1 Å². The Morgan fingerprint density at radius 2 is 1.94 bits per heavy atom. The maximum Gasteiger partial charge on any atom is 0.257 e. The molecule has 0 aromatic heterocycles. The molecule has 18 heavy (non-hydrogen) atoms. The number of carbonyl (C=O) groups excluding carboxylic acids is 2. The number of nitrogens with zero attached hydrogens (tertiary/aromatic N) is 1. The second-order valence-electron chi connectivity index (χ2n) is 4.40. The van der Waals surface area contributed by atoms with E-state index in [4.69, 9.17) is 0 Å². The van der Waals surface area contributed by atoms with Crippen molar-refractivity contribution in [1.82, 2.24) is 10.2 Å². The summed E-state index contributed by atoms with van der Waals surface area (Å²) >= 11 is 0. The quantitative estimate of drug-likeness (QED) is 0.837. The number of hydrogen-bond donors (Lipinski definition) is 2. The lowest BCUT2D eigenvalue weighted by Gasteiger charge is -2.18. The van der Waals surface area contributed by atoms with Crippen LogP contribution in [-0.2, 0) is 4.79 Å². The zero-order chi connectivity index (χ0) is 13.7. The third-order valence-corrected chi connectivity index (χ3v) is 2.31. The van der Waals surface area contributed by atoms with E-state index in [0.29, 0.717) is 0 Å². The molecule has 0 radical (unpaired) electrons. The van der Waals surface area contributed by atoms with Gasteiger partial charge in [-0.05, 0) is 26.0 Å². The number of amides is 2. The summed E-state index contributed by atoms with van der Waals surface area (Å²) in [6, 6.07) is 6.29. The number of benzene rings is 1. The molecule has 0 spiro atoms. The van der Waals surface area contributed by atoms with Crippen molar-refractivity contribution in [3.8, 4) is 5.75 Å². The first-order valence-corrected chi connectivity index (χ1v) is 5.74. The van der Waals surface area contributed by atoms with Gasteiger partial charge in [0.25, 0.3) is 5.91 Å². The van der Waals surface area contributed by atoms with Crippen molar-refractivity contribution in [3.05, 3.63) is 29.8 Å². The summed E-state index contributed by atoms with van der Waals surface area (Å²) in [5.74, 6) is -0.693. The fraction of sp³-hybridized carbons (Fsp3) is 0.385. The molecular formula is C13H18N2O3. The lowest BCUT2D eigenvalue weighted by atomic mass is 10.2. The Morgan fingerprint density at radius 1 is 1.33 bits per heavy atom. The molecule has 0 saturated carbocycles. The Bertz CT molecular complexity index is 444. The molecule has 1 aromatic carbocycles. The maximum absolute atomic E-state index is 12.0. The Balaban J connectivity index is 2.68. The first kappa shape index (κ1) is 14.0. The van der Waals surface area contributed by atoms with Gasteiger partial charge in [-0.2, -0.15) is 0 Å². The van der Waals surface area contributed by atoms with Gasteiger partial charge in [-0.1, -0.05) is 12.1 Å². The number of phenolic OH excluding ortho intramolecular Hbond substituents is 1. The predicted molar refractivity (Wildman–Crippen MR) is 68.3 cm³/mol. The van der Waals surface area contributed by atoms with E-state index in [1.165, 1.54) is 24.1 Å². The number of para-hydroxylation sites is 1. The Morgan fingerprint density at radius 3 is 2.50 bits per heavy atom. The van der Waals surface area contributed by atoms with Crippen LogP contribution in [-0.4, -0.2) is 41.5 Å². The smallest absolute Gasteiger partial charge is 0.257 e. The molecule has 0 heterocycles. The highest BCUT2D eigenvalue weighted by molar-refractivity contribution is 5.98. The zero-order valence-corrected chi connectivity index (χ0v) is 10.8. The topological polar surface area (TPSA) is 69.6 Å². The number of phenols is 1. The summed E-state index contributed by atoms with van der Waals surface area (Å²) in [6.45, 7) is 3.66. The number of rotatable bonds is 4. The van der Waals surface area contributed by atoms with Crippen molar-refractivity contribution in [2.75, 3.05) is 13.6 Å². The number of nitrogens with one attached hydrogen (secondary N) is 1. The highest BCUT2D eigenvalue weighted by Gasteiger charge is 2.17. The minimum absolute atomic E-state index is 0.0335. The van der Waals surface area contributed by atoms with Crippen LogP contribution < -0.4 is 5.32 Å². The number of carbonyl (C=O) groups is 2. The van der Waals surface area contributed by atoms with Gasteiger partial charge >= 0.3 is 0 Å². The van der Waals surface area contributed by atoms with E-state index < -0.39 is 0 Å². The molecule has 0 bridgehead atoms. The summed E-state index contributed by atoms with van der Waals surface area (Å²) in [6.07, 6.45) is 0. The Hall–Kier alpha value is -2.04. The van der Waals surface area contributed by atoms with Gasteiger partial charge in [0.15, 0.2) is 0 Å². The highest BCUT2D eigenvalue weighted by Crippen LogP contribution is 2.16. The second kappa shape index (κ2) is 6.05. The average Bonchev–Trinajstić information content (AvgIpc) is 2.27. The van der Waals surface area contributed by atoms with Crippen LogP contribution in [0.3, 0.4) is 0 Å². The van der Waals surface area contributed by atoms with Gasteiger partial charge in [-0.15, -0.1) is 0 Å². The van der Waals surface area contributed by atoms with E-state index in [9.17, 15) is 14.7 Å². The molecule has 0 aliphatic carbocycles. The minimum Gasteiger partial charge on any atom is -0.507 e. The van der Waals surface area contributed by atoms with Crippen LogP contribution in [0.4, 0.5) is 0 Å². The molecule has 0 unspecified atom stereocenters. The van der Waals surface area contributed by atoms with E-state index in [-0.39, 0.29) is 35.7 Å². The van der Waals surface area contributed by atoms with Crippen molar-refractivity contribution >= 4 is 11.8 Å². The molecule has 0 aliphatic heterocycles. The van der Waals surface area contributed by atoms with E-state index in [2.05, 4.69) is 5.32 Å². The highest BCUT2D eigenvalue weighted by atomic mass is 16.3. The summed E-state index contributed by atoms with van der Waals surface area (Å²) in [5, 5.41) is 12.3. The normalized spacial score (nSPS) is 10.2. The fourth-order valence-electron chi connectivity index (χ4n) is 1.51. The van der Waals surface area contributed by atoms with Crippen molar-refractivity contribution in [3.63, 3.8) is 0 Å². The molecule has 98 valence electrons. The van der Waals surface area contributed by atoms with Crippen LogP contribution in [0, 0.1) is 0 Å². The Labute approximate surface area is 106 Å². The summed E-state index contributed by atoms with van der Waals surface area (Å²) in [7, 11) is 1.52. The SMILES string of the molecule is CC(C)NC(=O)CN(C)C(=O)c1ccccc1O. The van der Waals surface area contributed by atoms with Crippen molar-refractivity contribution in [1.29, 1.82) is 0 Å². The van der Waals surface area contributed by atoms with Crippen molar-refractivity contribution in [2.45, 2.75) is 19.9 Å². The monoisotopic (exact) mass is 250 g/mol. The van der Waals surface area contributed by atoms with Crippen LogP contribution in [0.5, 0.6) is 5.75 Å². The van der Waals surface area contributed by atoms with E-state index in [1.54, 1.807) is 12.1 Å². The number of likely N-dealkylation sites (N-methyl/N-ethyl adjacent to an activating group) is 1. The average molecular weight is 250 g/mol. The Kier molecular flexibility index (Phi) is 4.71. The van der Waals surface area contributed by atoms with Crippen molar-refractivity contribution in [2.24, 2.45) is 0 Å². The number of hydrogen-bond acceptors (Lipinski definition) is 3. The molecule has 0 saturated heterocycles. The van der Waals surface area contributed by atoms with Gasteiger partial charge < -0.3 is 15.3 Å². The van der Waals surface area contributed by atoms with Gasteiger partial charge in [-0.3, -0.25) is 9.59 Å². The second-order valence-corrected chi connectivity index (χ2v) is 4.40. The van der Waals surface area contributed by atoms with E-state index in [1.807, 2.05) is 13.8 Å². The molecule has 1 aromatic rings. The molecule has 0 fully saturated rings. The lowest BCUT2D eigenvalue weighted by molar-refractivity contribution is -0.122. The van der Waals surface area contributed by atoms with Crippen LogP contribution >= 0.6 is 0 Å². The molecule has 0 atom stereocenters. The van der Waals surface area contributed by atoms with E-state index in [0.717, 1.165) is 0 Å². The molecule has 0 aliphatic rings. The zero-order valence-electron chi connectivity index (χ0n) is 10.8. The van der Waals surface area contributed by atoms with Gasteiger partial charge in [-0.25, -0.2) is 0 Å². The first-order valence-electron chi connectivity index (χ1n) is 5.74. The number of aromatic hydroxyl groups is 1. The van der Waals surface area contributed by atoms with Gasteiger partial charge in [0, 0.05) is 13.1 Å². The predicted octanol–water partition coefficient (Wildman–Crippen LogP) is 0.989. The molecule has 2 amide bonds. The maximum atomic E-state index is 12.0. The summed E-state index contributed by atoms with van der Waals surface area (Å²) < 4.78 is 0. The van der Waals surface area contributed by atoms with Crippen LogP contribution in [0.15, 0.2) is 24.3 Å². The largest absolute Gasteiger partial charge is 0.507 e. The molecule has 1 rings (SSSR count). The van der Waals surface area contributed by atoms with Crippen molar-refractivity contribution < 1.29 is 14.7 Å². The first-order chi connectivity index (χ1) is 8.41. The molecular weight excluding hydrogens is 232 g/mol. The van der Waals surface area contributed by atoms with Gasteiger partial charge in [0.1, 0.15) is 5.75 Å². The van der Waals surface area contributed by atoms with Gasteiger partial charge in [0.2, 0.25) is 5.91 Å². The van der Waals surface area contributed by atoms with E-state index >= 15 is 0 Å². The van der Waals surface area contributed by atoms with Crippen LogP contribution in [0.25, 0.3) is 0 Å². The third kappa shape index (κ3) is 3.76. The van der Waals surface area contributed by atoms with Crippen LogP contribution in [0.2, 0.25) is 0 Å². The fourth-order valence-corrected chi connectivity index (χ4v) is 1.51. The molecule has 5 heteroatoms.